The molecule has 4 rings (SSSR count). The second-order valence-electron chi connectivity index (χ2n) is 5.93. The van der Waals surface area contributed by atoms with Crippen LogP contribution in [0.15, 0.2) is 24.3 Å². The number of carbonyl (C=O) groups excluding carboxylic acids is 2. The first kappa shape index (κ1) is 16.3. The highest BCUT2D eigenvalue weighted by Gasteiger charge is 2.58. The number of benzene rings is 1. The van der Waals surface area contributed by atoms with E-state index >= 15 is 0 Å². The minimum atomic E-state index is -1.84. The minimum absolute atomic E-state index is 0.132. The second-order valence-corrected chi connectivity index (χ2v) is 5.93. The Hall–Kier alpha value is -2.58. The van der Waals surface area contributed by atoms with E-state index in [9.17, 15) is 30.0 Å². The van der Waals surface area contributed by atoms with Crippen molar-refractivity contribution in [3.63, 3.8) is 0 Å². The molecule has 128 valence electrons. The van der Waals surface area contributed by atoms with E-state index in [0.717, 1.165) is 6.08 Å². The highest BCUT2D eigenvalue weighted by Crippen LogP contribution is 2.39. The van der Waals surface area contributed by atoms with E-state index in [-0.39, 0.29) is 24.3 Å². The quantitative estimate of drug-likeness (QED) is 0.340. The van der Waals surface area contributed by atoms with Gasteiger partial charge in [0.25, 0.3) is 0 Å². The van der Waals surface area contributed by atoms with Crippen molar-refractivity contribution < 1.29 is 39.5 Å². The number of hydrogen-bond acceptors (Lipinski definition) is 8. The molecule has 2 bridgehead atoms. The van der Waals surface area contributed by atoms with Gasteiger partial charge in [-0.3, -0.25) is 0 Å². The maximum absolute atomic E-state index is 11.9. The molecule has 8 heteroatoms. The lowest BCUT2D eigenvalue weighted by Gasteiger charge is -2.47. The molecule has 2 aliphatic heterocycles. The van der Waals surface area contributed by atoms with Crippen LogP contribution in [0.25, 0.3) is 6.08 Å². The second kappa shape index (κ2) is 5.81. The lowest BCUT2D eigenvalue weighted by atomic mass is 9.76. The zero-order valence-corrected chi connectivity index (χ0v) is 12.5. The van der Waals surface area contributed by atoms with Crippen molar-refractivity contribution in [3.05, 3.63) is 29.8 Å². The van der Waals surface area contributed by atoms with E-state index in [1.807, 2.05) is 0 Å². The maximum atomic E-state index is 11.9. The molecule has 0 radical (unpaired) electrons. The highest BCUT2D eigenvalue weighted by molar-refractivity contribution is 5.88. The monoisotopic (exact) mass is 336 g/mol. The van der Waals surface area contributed by atoms with Gasteiger partial charge in [-0.05, 0) is 23.8 Å². The summed E-state index contributed by atoms with van der Waals surface area (Å²) in [6.45, 7) is 0. The van der Waals surface area contributed by atoms with Gasteiger partial charge in [0.15, 0.2) is 23.2 Å². The zero-order chi connectivity index (χ0) is 17.5. The van der Waals surface area contributed by atoms with E-state index in [0.29, 0.717) is 5.56 Å². The molecule has 4 unspecified atom stereocenters. The van der Waals surface area contributed by atoms with E-state index in [1.54, 1.807) is 0 Å². The number of phenolic OH excluding ortho intramolecular Hbond substituents is 2. The van der Waals surface area contributed by atoms with E-state index < -0.39 is 35.9 Å². The molecule has 1 aliphatic carbocycles. The molecular weight excluding hydrogens is 320 g/mol. The van der Waals surface area contributed by atoms with Crippen molar-refractivity contribution in [2.75, 3.05) is 0 Å². The molecule has 4 N–H and O–H groups in total. The van der Waals surface area contributed by atoms with E-state index in [1.165, 1.54) is 24.3 Å². The van der Waals surface area contributed by atoms with Crippen LogP contribution in [0.1, 0.15) is 18.4 Å². The molecule has 24 heavy (non-hydrogen) atoms. The first-order valence-electron chi connectivity index (χ1n) is 7.31. The van der Waals surface area contributed by atoms with Crippen molar-refractivity contribution in [3.8, 4) is 11.5 Å². The molecule has 2 saturated heterocycles. The van der Waals surface area contributed by atoms with E-state index in [4.69, 9.17) is 9.47 Å². The molecule has 3 aliphatic rings. The van der Waals surface area contributed by atoms with Crippen molar-refractivity contribution in [2.45, 2.75) is 36.8 Å². The Morgan fingerprint density at radius 3 is 2.71 bits per heavy atom. The van der Waals surface area contributed by atoms with Gasteiger partial charge in [0, 0.05) is 18.9 Å². The Morgan fingerprint density at radius 1 is 1.29 bits per heavy atom. The van der Waals surface area contributed by atoms with Crippen LogP contribution < -0.4 is 0 Å². The lowest BCUT2D eigenvalue weighted by Crippen LogP contribution is -2.65. The number of esters is 2. The number of hydrogen-bond donors (Lipinski definition) is 4. The summed E-state index contributed by atoms with van der Waals surface area (Å²) in [7, 11) is 0. The molecule has 1 aromatic rings. The molecule has 0 amide bonds. The number of ether oxygens (including phenoxy) is 2. The van der Waals surface area contributed by atoms with Crippen LogP contribution in [0.3, 0.4) is 0 Å². The van der Waals surface area contributed by atoms with Crippen LogP contribution >= 0.6 is 0 Å². The molecule has 0 aromatic heterocycles. The van der Waals surface area contributed by atoms with Gasteiger partial charge in [0.2, 0.25) is 0 Å². The molecule has 4 atom stereocenters. The molecule has 8 nitrogen and oxygen atoms in total. The topological polar surface area (TPSA) is 134 Å². The summed E-state index contributed by atoms with van der Waals surface area (Å²) in [6.07, 6.45) is -0.868. The SMILES string of the molecule is O=C(/C=C/c1ccc(O)c(O)c1)OC1CC2(O)CC(O)C1OC2=O. The average molecular weight is 336 g/mol. The highest BCUT2D eigenvalue weighted by atomic mass is 16.6. The third kappa shape index (κ3) is 2.93. The number of aliphatic hydroxyl groups is 2. The number of aliphatic hydroxyl groups excluding tert-OH is 1. The molecule has 1 aromatic carbocycles. The van der Waals surface area contributed by atoms with Gasteiger partial charge in [0.1, 0.15) is 6.10 Å². The van der Waals surface area contributed by atoms with Crippen molar-refractivity contribution >= 4 is 18.0 Å². The number of fused-ring (bicyclic) bond motifs is 3. The first-order chi connectivity index (χ1) is 11.3. The smallest absolute Gasteiger partial charge is 0.338 e. The Balaban J connectivity index is 1.66. The fourth-order valence-electron chi connectivity index (χ4n) is 2.90. The van der Waals surface area contributed by atoms with Crippen molar-refractivity contribution in [1.82, 2.24) is 0 Å². The molecule has 1 saturated carbocycles. The van der Waals surface area contributed by atoms with E-state index in [2.05, 4.69) is 0 Å². The van der Waals surface area contributed by atoms with Crippen molar-refractivity contribution in [2.24, 2.45) is 0 Å². The molecule has 2 heterocycles. The number of aromatic hydroxyl groups is 2. The minimum Gasteiger partial charge on any atom is -0.504 e. The van der Waals surface area contributed by atoms with Gasteiger partial charge in [0.05, 0.1) is 6.10 Å². The van der Waals surface area contributed by atoms with Crippen LogP contribution in [-0.2, 0) is 19.1 Å². The van der Waals surface area contributed by atoms with Gasteiger partial charge in [-0.25, -0.2) is 9.59 Å². The first-order valence-corrected chi connectivity index (χ1v) is 7.31. The predicted octanol–water partition coefficient (Wildman–Crippen LogP) is -0.166. The fraction of sp³-hybridized carbons (Fsp3) is 0.375. The van der Waals surface area contributed by atoms with Crippen LogP contribution in [0.5, 0.6) is 11.5 Å². The summed E-state index contributed by atoms with van der Waals surface area (Å²) < 4.78 is 10.1. The summed E-state index contributed by atoms with van der Waals surface area (Å²) in [5.41, 5.74) is -1.39. The predicted molar refractivity (Wildman–Crippen MR) is 78.8 cm³/mol. The third-order valence-electron chi connectivity index (χ3n) is 4.13. The third-order valence-corrected chi connectivity index (χ3v) is 4.13. The molecule has 3 fully saturated rings. The number of carbonyl (C=O) groups is 2. The lowest BCUT2D eigenvalue weighted by molar-refractivity contribution is -0.243. The molecular formula is C16H16O8. The Labute approximate surface area is 136 Å². The van der Waals surface area contributed by atoms with Gasteiger partial charge in [-0.1, -0.05) is 6.07 Å². The fourth-order valence-corrected chi connectivity index (χ4v) is 2.90. The largest absolute Gasteiger partial charge is 0.504 e. The maximum Gasteiger partial charge on any atom is 0.338 e. The summed E-state index contributed by atoms with van der Waals surface area (Å²) in [4.78, 5) is 23.4. The molecule has 0 spiro atoms. The Bertz CT molecular complexity index is 712. The summed E-state index contributed by atoms with van der Waals surface area (Å²) >= 11 is 0. The zero-order valence-electron chi connectivity index (χ0n) is 12.5. The summed E-state index contributed by atoms with van der Waals surface area (Å²) in [5, 5.41) is 38.5. The normalized spacial score (nSPS) is 31.9. The standard InChI is InChI=1S/C16H16O8/c17-9-3-1-8(5-10(9)18)2-4-13(20)23-12-7-16(22)6-11(19)14(12)24-15(16)21/h1-5,11-12,14,17-19,22H,6-7H2/b4-2+. The van der Waals surface area contributed by atoms with Crippen molar-refractivity contribution in [1.29, 1.82) is 0 Å². The van der Waals surface area contributed by atoms with Crippen LogP contribution in [0.2, 0.25) is 0 Å². The Morgan fingerprint density at radius 2 is 2.04 bits per heavy atom. The van der Waals surface area contributed by atoms with Gasteiger partial charge in [-0.15, -0.1) is 0 Å². The van der Waals surface area contributed by atoms with Gasteiger partial charge < -0.3 is 29.9 Å². The van der Waals surface area contributed by atoms with Crippen LogP contribution in [-0.4, -0.2) is 56.3 Å². The summed E-state index contributed by atoms with van der Waals surface area (Å²) in [5.74, 6) is -2.18. The van der Waals surface area contributed by atoms with Gasteiger partial charge >= 0.3 is 11.9 Å². The van der Waals surface area contributed by atoms with Crippen LogP contribution in [0, 0.1) is 0 Å². The number of phenols is 2. The van der Waals surface area contributed by atoms with Gasteiger partial charge in [-0.2, -0.15) is 0 Å². The number of rotatable bonds is 3. The summed E-state index contributed by atoms with van der Waals surface area (Å²) in [6, 6.07) is 4.01. The van der Waals surface area contributed by atoms with Crippen LogP contribution in [0.4, 0.5) is 0 Å². The average Bonchev–Trinajstić information content (AvgIpc) is 2.50. The Kier molecular flexibility index (Phi) is 3.94.